The average molecular weight is 1120 g/mol. The van der Waals surface area contributed by atoms with Gasteiger partial charge in [0.25, 0.3) is 0 Å². The third kappa shape index (κ3) is 22.7. The van der Waals surface area contributed by atoms with Gasteiger partial charge in [-0.1, -0.05) is 24.3 Å². The van der Waals surface area contributed by atoms with Gasteiger partial charge in [-0.25, -0.2) is 25.3 Å². The van der Waals surface area contributed by atoms with E-state index in [2.05, 4.69) is 40.5 Å². The van der Waals surface area contributed by atoms with Crippen LogP contribution < -0.4 is 236 Å². The molecule has 2 aromatic heterocycles. The van der Waals surface area contributed by atoms with Crippen LogP contribution in [0.2, 0.25) is 0 Å². The third-order valence-electron chi connectivity index (χ3n) is 8.24. The fourth-order valence-corrected chi connectivity index (χ4v) is 7.78. The molecule has 4 aromatic rings. The van der Waals surface area contributed by atoms with Crippen LogP contribution in [0.4, 0.5) is 47.1 Å². The Morgan fingerprint density at radius 1 is 0.657 bits per heavy atom. The summed E-state index contributed by atoms with van der Waals surface area (Å²) in [6.07, 6.45) is 0.440. The fraction of sp³-hybridized carbons (Fsp3) is 0.394. The van der Waals surface area contributed by atoms with Gasteiger partial charge in [0.2, 0.25) is 35.7 Å². The number of benzene rings is 2. The van der Waals surface area contributed by atoms with Crippen LogP contribution in [0.15, 0.2) is 46.2 Å². The largest absolute Gasteiger partial charge is 1.00 e. The smallest absolute Gasteiger partial charge is 0.771 e. The Morgan fingerprint density at radius 2 is 1.03 bits per heavy atom. The first-order valence-corrected chi connectivity index (χ1v) is 23.6. The van der Waals surface area contributed by atoms with Crippen LogP contribution in [0.25, 0.3) is 12.2 Å². The second kappa shape index (κ2) is 30.6. The molecule has 0 aliphatic carbocycles. The van der Waals surface area contributed by atoms with E-state index in [1.807, 2.05) is 0 Å². The minimum atomic E-state index is -5.26. The van der Waals surface area contributed by atoms with Crippen molar-refractivity contribution in [3.8, 4) is 0 Å². The van der Waals surface area contributed by atoms with Crippen LogP contribution >= 0.6 is 0 Å². The van der Waals surface area contributed by atoms with Crippen molar-refractivity contribution in [2.45, 2.75) is 35.8 Å². The Kier molecular flexibility index (Phi) is 31.2. The van der Waals surface area contributed by atoms with Crippen molar-refractivity contribution >= 4 is 101 Å². The summed E-state index contributed by atoms with van der Waals surface area (Å²) in [6.45, 7) is 1.89. The van der Waals surface area contributed by atoms with Crippen molar-refractivity contribution in [3.63, 3.8) is 0 Å². The van der Waals surface area contributed by atoms with Crippen molar-refractivity contribution in [1.29, 1.82) is 0 Å². The number of aliphatic hydroxyl groups excluding tert-OH is 3. The third-order valence-corrected chi connectivity index (χ3v) is 11.2. The van der Waals surface area contributed by atoms with Crippen molar-refractivity contribution in [1.82, 2.24) is 29.9 Å². The molecule has 2 aromatic carbocycles. The van der Waals surface area contributed by atoms with E-state index in [9.17, 15) is 63.0 Å². The van der Waals surface area contributed by atoms with Crippen LogP contribution in [0.1, 0.15) is 25.0 Å². The van der Waals surface area contributed by atoms with E-state index >= 15 is 0 Å². The number of likely N-dealkylation sites (N-methyl/N-ethyl adjacent to an activating group) is 2. The van der Waals surface area contributed by atoms with Gasteiger partial charge in [0.05, 0.1) is 43.7 Å². The van der Waals surface area contributed by atoms with Crippen LogP contribution in [-0.2, 0) is 41.4 Å². The van der Waals surface area contributed by atoms with Gasteiger partial charge in [0.15, 0.2) is 0 Å². The molecule has 26 nitrogen and oxygen atoms in total. The molecule has 0 aliphatic heterocycles. The minimum Gasteiger partial charge on any atom is -0.771 e. The van der Waals surface area contributed by atoms with Gasteiger partial charge in [-0.05, 0) is 60.3 Å². The quantitative estimate of drug-likeness (QED) is 0.0160. The molecule has 0 fully saturated rings. The van der Waals surface area contributed by atoms with Crippen LogP contribution in [0.5, 0.6) is 0 Å². The molecule has 3 atom stereocenters. The van der Waals surface area contributed by atoms with E-state index in [4.69, 9.17) is 0 Å². The topological polar surface area (TPSA) is 387 Å². The summed E-state index contributed by atoms with van der Waals surface area (Å²) in [5.41, 5.74) is -0.604. The molecule has 0 spiro atoms. The van der Waals surface area contributed by atoms with Gasteiger partial charge in [-0.3, -0.25) is 4.21 Å². The molecule has 0 saturated heterocycles. The molecule has 2 heterocycles. The van der Waals surface area contributed by atoms with Crippen molar-refractivity contribution in [3.05, 3.63) is 47.5 Å². The zero-order valence-electron chi connectivity index (χ0n) is 38.0. The van der Waals surface area contributed by atoms with Crippen molar-refractivity contribution in [2.75, 3.05) is 89.4 Å². The summed E-state index contributed by atoms with van der Waals surface area (Å²) in [7, 11) is -10.7. The minimum absolute atomic E-state index is 0. The number of nitrogens with one attached hydrogen (secondary N) is 2. The van der Waals surface area contributed by atoms with Gasteiger partial charge >= 0.3 is 206 Å². The Hall–Kier alpha value is 1.27. The Balaban J connectivity index is 0.0000109. The van der Waals surface area contributed by atoms with E-state index in [-0.39, 0.29) is 283 Å². The van der Waals surface area contributed by atoms with E-state index < -0.39 is 81.8 Å². The average Bonchev–Trinajstić information content (AvgIpc) is 3.16. The summed E-state index contributed by atoms with van der Waals surface area (Å²) in [4.78, 5) is 28.5. The van der Waals surface area contributed by atoms with Gasteiger partial charge in [0.1, 0.15) is 27.0 Å². The summed E-state index contributed by atoms with van der Waals surface area (Å²) in [6, 6.07) is 6.79. The molecule has 67 heavy (non-hydrogen) atoms. The standard InChI is InChI=1S/C33H46N12O14S4.4K/c1-20(47)16-43(4)31-37-28(36-30(40-31)42(3)12-13-61(51,52)53)34-24-10-8-22(26(14-24)62(54,55)56)6-7-23-9-11-25(15-27(23)63(57,58)59)35-29-38-32(44(5)17-21(2)48)41-33(39-29)45(18-46)19-60(49)50;;;;/h6-11,14-15,20-21,46-48H,12-13,16-19H2,1-5H3,(H,49,50)(H,51,52,53)(H,54,55,56)(H,57,58,59)(H,34,36,37,40)(H,35,38,39,41);;;;/q;4*+1/p-4. The molecule has 5 N–H and O–H groups in total. The Morgan fingerprint density at radius 3 is 1.37 bits per heavy atom. The number of anilines is 8. The molecule has 4 rings (SSSR count). The fourth-order valence-electron chi connectivity index (χ4n) is 5.44. The van der Waals surface area contributed by atoms with Gasteiger partial charge in [-0.2, -0.15) is 29.9 Å². The maximum Gasteiger partial charge on any atom is 1.00 e. The SMILES string of the molecule is CC(O)CN(C)c1nc(Nc2ccc(C=Cc3ccc(Nc4nc(N(C)CC(C)O)nc(N(CO)CS(=O)[O-])n4)cc3S(=O)(=O)[O-])c(S(=O)(=O)[O-])c2)nc(N(C)CCS(=O)(=O)[O-])n1.[K+].[K+].[K+].[K+]. The summed E-state index contributed by atoms with van der Waals surface area (Å²) in [5, 5.41) is 35.0. The van der Waals surface area contributed by atoms with Gasteiger partial charge in [-0.15, -0.1) is 0 Å². The van der Waals surface area contributed by atoms with E-state index in [1.165, 1.54) is 74.0 Å². The van der Waals surface area contributed by atoms with Gasteiger partial charge in [0, 0.05) is 52.2 Å². The monoisotopic (exact) mass is 1110 g/mol. The van der Waals surface area contributed by atoms with Crippen LogP contribution in [0, 0.1) is 0 Å². The molecule has 346 valence electrons. The summed E-state index contributed by atoms with van der Waals surface area (Å²) in [5.74, 6) is -2.58. The first-order chi connectivity index (χ1) is 29.2. The molecule has 0 saturated carbocycles. The first-order valence-electron chi connectivity index (χ1n) is 18.0. The maximum absolute atomic E-state index is 12.5. The van der Waals surface area contributed by atoms with Crippen molar-refractivity contribution < 1.29 is 269 Å². The van der Waals surface area contributed by atoms with Crippen LogP contribution in [-0.4, -0.2) is 164 Å². The Labute approximate surface area is 560 Å². The number of nitrogens with zero attached hydrogens (tertiary/aromatic N) is 10. The van der Waals surface area contributed by atoms with Crippen molar-refractivity contribution in [2.24, 2.45) is 0 Å². The van der Waals surface area contributed by atoms with E-state index in [0.717, 1.165) is 29.2 Å². The zero-order valence-corrected chi connectivity index (χ0v) is 53.7. The van der Waals surface area contributed by atoms with Gasteiger partial charge < -0.3 is 63.8 Å². The molecule has 0 aliphatic rings. The molecule has 0 amide bonds. The molecular formula is C33H42K4N12O14S4. The first kappa shape index (κ1) is 68.3. The molecule has 3 unspecified atom stereocenters. The number of rotatable bonds is 22. The summed E-state index contributed by atoms with van der Waals surface area (Å²) >= 11 is -2.68. The zero-order chi connectivity index (χ0) is 47.0. The van der Waals surface area contributed by atoms with E-state index in [1.54, 1.807) is 0 Å². The number of hydrogen-bond acceptors (Lipinski definition) is 26. The molecule has 0 radical (unpaired) electrons. The second-order valence-electron chi connectivity index (χ2n) is 13.8. The molecular weight excluding hydrogens is 1070 g/mol. The molecule has 34 heteroatoms. The summed E-state index contributed by atoms with van der Waals surface area (Å²) < 4.78 is 132. The maximum atomic E-state index is 12.5. The second-order valence-corrected chi connectivity index (χ2v) is 18.9. The number of aliphatic hydroxyl groups is 3. The predicted octanol–water partition coefficient (Wildman–Crippen LogP) is -13.3. The molecule has 0 bridgehead atoms. The number of hydrogen-bond donors (Lipinski definition) is 5. The normalized spacial score (nSPS) is 12.8. The van der Waals surface area contributed by atoms with E-state index in [0.29, 0.717) is 0 Å². The Bertz CT molecular complexity index is 2680. The van der Waals surface area contributed by atoms with Crippen LogP contribution in [0.3, 0.4) is 0 Å². The predicted molar refractivity (Wildman–Crippen MR) is 225 cm³/mol. The number of aromatic nitrogens is 6.